The Morgan fingerprint density at radius 3 is 2.25 bits per heavy atom. The summed E-state index contributed by atoms with van der Waals surface area (Å²) in [5.41, 5.74) is 7.26. The number of nitrogens with two attached hydrogens (primary N) is 1. The van der Waals surface area contributed by atoms with Crippen LogP contribution in [0.1, 0.15) is 32.3 Å². The molecule has 0 saturated heterocycles. The van der Waals surface area contributed by atoms with Crippen LogP contribution < -0.4 is 11.2 Å². The van der Waals surface area contributed by atoms with E-state index in [1.165, 1.54) is 0 Å². The molecule has 20 heavy (non-hydrogen) atoms. The molecule has 6 nitrogen and oxygen atoms in total. The van der Waals surface area contributed by atoms with Gasteiger partial charge >= 0.3 is 0 Å². The van der Waals surface area contributed by atoms with Crippen molar-refractivity contribution in [2.75, 3.05) is 0 Å². The average molecular weight is 280 g/mol. The fraction of sp³-hybridized carbons (Fsp3) is 0.429. The molecule has 0 spiro atoms. The first-order valence-electron chi connectivity index (χ1n) is 6.22. The second-order valence-electron chi connectivity index (χ2n) is 5.42. The number of benzene rings is 1. The molecule has 2 atom stereocenters. The van der Waals surface area contributed by atoms with Gasteiger partial charge in [0.15, 0.2) is 6.10 Å². The van der Waals surface area contributed by atoms with Gasteiger partial charge in [-0.25, -0.2) is 5.48 Å². The van der Waals surface area contributed by atoms with Gasteiger partial charge in [0.25, 0.3) is 5.91 Å². The lowest BCUT2D eigenvalue weighted by atomic mass is 9.92. The minimum Gasteiger partial charge on any atom is -0.382 e. The van der Waals surface area contributed by atoms with E-state index in [0.29, 0.717) is 5.56 Å². The highest BCUT2D eigenvalue weighted by molar-refractivity contribution is 5.91. The second kappa shape index (κ2) is 6.49. The van der Waals surface area contributed by atoms with Crippen molar-refractivity contribution in [1.82, 2.24) is 5.48 Å². The van der Waals surface area contributed by atoms with E-state index in [9.17, 15) is 14.7 Å². The third kappa shape index (κ3) is 4.64. The maximum atomic E-state index is 11.8. The Morgan fingerprint density at radius 2 is 1.80 bits per heavy atom. The predicted octanol–water partition coefficient (Wildman–Crippen LogP) is 0.463. The summed E-state index contributed by atoms with van der Waals surface area (Å²) < 4.78 is 0. The van der Waals surface area contributed by atoms with Gasteiger partial charge in [0, 0.05) is 0 Å². The summed E-state index contributed by atoms with van der Waals surface area (Å²) in [6, 6.07) is 8.40. The number of nitrogens with one attached hydrogen (secondary N) is 1. The van der Waals surface area contributed by atoms with E-state index in [-0.39, 0.29) is 0 Å². The summed E-state index contributed by atoms with van der Waals surface area (Å²) in [5.74, 6) is -2.72. The van der Waals surface area contributed by atoms with E-state index in [0.717, 1.165) is 0 Å². The summed E-state index contributed by atoms with van der Waals surface area (Å²) in [4.78, 5) is 28.4. The van der Waals surface area contributed by atoms with E-state index in [4.69, 9.17) is 10.6 Å². The van der Waals surface area contributed by atoms with Crippen molar-refractivity contribution in [3.8, 4) is 0 Å². The van der Waals surface area contributed by atoms with Gasteiger partial charge in [0.05, 0.1) is 11.5 Å². The zero-order chi connectivity index (χ0) is 15.3. The SMILES string of the molecule is CC(C)(C)ONC(=O)C(O)C(C(N)=O)c1ccccc1. The van der Waals surface area contributed by atoms with Crippen molar-refractivity contribution in [1.29, 1.82) is 0 Å². The van der Waals surface area contributed by atoms with Crippen LogP contribution in [0.4, 0.5) is 0 Å². The van der Waals surface area contributed by atoms with Crippen molar-refractivity contribution >= 4 is 11.8 Å². The molecule has 1 rings (SSSR count). The number of carbonyl (C=O) groups excluding carboxylic acids is 2. The zero-order valence-electron chi connectivity index (χ0n) is 11.8. The Bertz CT molecular complexity index is 468. The first-order chi connectivity index (χ1) is 9.22. The van der Waals surface area contributed by atoms with Gasteiger partial charge in [0.1, 0.15) is 0 Å². The largest absolute Gasteiger partial charge is 0.382 e. The Morgan fingerprint density at radius 1 is 1.25 bits per heavy atom. The van der Waals surface area contributed by atoms with Gasteiger partial charge in [-0.1, -0.05) is 30.3 Å². The van der Waals surface area contributed by atoms with Gasteiger partial charge < -0.3 is 10.8 Å². The molecule has 4 N–H and O–H groups in total. The van der Waals surface area contributed by atoms with Crippen LogP contribution in [0.25, 0.3) is 0 Å². The lowest BCUT2D eigenvalue weighted by molar-refractivity contribution is -0.156. The standard InChI is InChI=1S/C14H20N2O4/c1-14(2,3)20-16-13(19)11(17)10(12(15)18)9-7-5-4-6-8-9/h4-8,10-11,17H,1-3H3,(H2,15,18)(H,16,19). The maximum Gasteiger partial charge on any atom is 0.273 e. The minimum absolute atomic E-state index is 0.471. The quantitative estimate of drug-likeness (QED) is 0.682. The fourth-order valence-corrected chi connectivity index (χ4v) is 1.58. The molecule has 0 aliphatic rings. The van der Waals surface area contributed by atoms with Gasteiger partial charge in [-0.3, -0.25) is 14.4 Å². The number of hydrogen-bond acceptors (Lipinski definition) is 4. The summed E-state index contributed by atoms with van der Waals surface area (Å²) in [5, 5.41) is 10.0. The molecule has 110 valence electrons. The average Bonchev–Trinajstić information content (AvgIpc) is 2.36. The van der Waals surface area contributed by atoms with Crippen LogP contribution >= 0.6 is 0 Å². The lowest BCUT2D eigenvalue weighted by Gasteiger charge is -2.23. The van der Waals surface area contributed by atoms with E-state index < -0.39 is 29.4 Å². The third-order valence-electron chi connectivity index (χ3n) is 2.51. The molecule has 0 aromatic heterocycles. The number of amides is 2. The van der Waals surface area contributed by atoms with Crippen molar-refractivity contribution < 1.29 is 19.5 Å². The van der Waals surface area contributed by atoms with E-state index in [1.54, 1.807) is 51.1 Å². The number of aliphatic hydroxyl groups excluding tert-OH is 1. The zero-order valence-corrected chi connectivity index (χ0v) is 11.8. The van der Waals surface area contributed by atoms with Crippen molar-refractivity contribution in [3.63, 3.8) is 0 Å². The van der Waals surface area contributed by atoms with Crippen LogP contribution in [-0.2, 0) is 14.4 Å². The van der Waals surface area contributed by atoms with E-state index in [1.807, 2.05) is 0 Å². The molecule has 2 unspecified atom stereocenters. The van der Waals surface area contributed by atoms with Gasteiger partial charge in [-0.2, -0.15) is 0 Å². The monoisotopic (exact) mass is 280 g/mol. The molecular formula is C14H20N2O4. The van der Waals surface area contributed by atoms with Crippen LogP contribution in [0.15, 0.2) is 30.3 Å². The number of carbonyl (C=O) groups is 2. The van der Waals surface area contributed by atoms with E-state index in [2.05, 4.69) is 5.48 Å². The molecule has 0 radical (unpaired) electrons. The Balaban J connectivity index is 2.83. The molecular weight excluding hydrogens is 260 g/mol. The van der Waals surface area contributed by atoms with Crippen molar-refractivity contribution in [2.24, 2.45) is 5.73 Å². The minimum atomic E-state index is -1.61. The molecule has 0 saturated carbocycles. The summed E-state index contributed by atoms with van der Waals surface area (Å²) in [6.07, 6.45) is -1.61. The highest BCUT2D eigenvalue weighted by atomic mass is 16.7. The molecule has 1 aromatic rings. The Kier molecular flexibility index (Phi) is 5.24. The van der Waals surface area contributed by atoms with Crippen LogP contribution in [0.5, 0.6) is 0 Å². The molecule has 0 heterocycles. The first-order valence-corrected chi connectivity index (χ1v) is 6.22. The summed E-state index contributed by atoms with van der Waals surface area (Å²) >= 11 is 0. The van der Waals surface area contributed by atoms with Gasteiger partial charge in [0.2, 0.25) is 5.91 Å². The number of rotatable bonds is 5. The van der Waals surface area contributed by atoms with Gasteiger partial charge in [-0.15, -0.1) is 0 Å². The molecule has 2 amide bonds. The third-order valence-corrected chi connectivity index (χ3v) is 2.51. The number of primary amides is 1. The normalized spacial score (nSPS) is 14.4. The maximum absolute atomic E-state index is 11.8. The topological polar surface area (TPSA) is 102 Å². The summed E-state index contributed by atoms with van der Waals surface area (Å²) in [6.45, 7) is 5.22. The lowest BCUT2D eigenvalue weighted by Crippen LogP contribution is -2.45. The number of hydroxylamine groups is 1. The summed E-state index contributed by atoms with van der Waals surface area (Å²) in [7, 11) is 0. The Labute approximate surface area is 117 Å². The van der Waals surface area contributed by atoms with Crippen LogP contribution in [0.3, 0.4) is 0 Å². The molecule has 0 aliphatic heterocycles. The van der Waals surface area contributed by atoms with E-state index >= 15 is 0 Å². The van der Waals surface area contributed by atoms with Gasteiger partial charge in [-0.05, 0) is 26.3 Å². The highest BCUT2D eigenvalue weighted by Crippen LogP contribution is 2.19. The highest BCUT2D eigenvalue weighted by Gasteiger charge is 2.32. The fourth-order valence-electron chi connectivity index (χ4n) is 1.58. The van der Waals surface area contributed by atoms with Crippen LogP contribution in [-0.4, -0.2) is 28.6 Å². The smallest absolute Gasteiger partial charge is 0.273 e. The molecule has 0 bridgehead atoms. The molecule has 1 aromatic carbocycles. The molecule has 0 fully saturated rings. The van der Waals surface area contributed by atoms with Crippen molar-refractivity contribution in [2.45, 2.75) is 38.4 Å². The second-order valence-corrected chi connectivity index (χ2v) is 5.42. The number of hydrogen-bond donors (Lipinski definition) is 3. The molecule has 0 aliphatic carbocycles. The van der Waals surface area contributed by atoms with Crippen LogP contribution in [0.2, 0.25) is 0 Å². The Hall–Kier alpha value is -1.92. The van der Waals surface area contributed by atoms with Crippen LogP contribution in [0, 0.1) is 0 Å². The first kappa shape index (κ1) is 16.1. The van der Waals surface area contributed by atoms with Crippen molar-refractivity contribution in [3.05, 3.63) is 35.9 Å². The number of aliphatic hydroxyl groups is 1. The molecule has 6 heteroatoms. The predicted molar refractivity (Wildman–Crippen MR) is 73.4 cm³/mol.